The van der Waals surface area contributed by atoms with Gasteiger partial charge < -0.3 is 18.6 Å². The second kappa shape index (κ2) is 6.89. The Bertz CT molecular complexity index is 372. The van der Waals surface area contributed by atoms with Crippen LogP contribution in [0.4, 0.5) is 5.69 Å². The molecule has 0 unspecified atom stereocenters. The van der Waals surface area contributed by atoms with Gasteiger partial charge in [-0.1, -0.05) is 17.7 Å². The first kappa shape index (κ1) is 15.2. The van der Waals surface area contributed by atoms with Gasteiger partial charge in [0, 0.05) is 39.6 Å². The van der Waals surface area contributed by atoms with Gasteiger partial charge in [0.25, 0.3) is 0 Å². The van der Waals surface area contributed by atoms with E-state index in [1.165, 1.54) is 11.1 Å². The van der Waals surface area contributed by atoms with Gasteiger partial charge in [-0.15, -0.1) is 0 Å². The van der Waals surface area contributed by atoms with Crippen molar-refractivity contribution in [2.45, 2.75) is 19.9 Å². The summed E-state index contributed by atoms with van der Waals surface area (Å²) < 4.78 is 16.1. The van der Waals surface area contributed by atoms with Crippen molar-refractivity contribution in [3.05, 3.63) is 29.3 Å². The van der Waals surface area contributed by atoms with Crippen molar-refractivity contribution < 1.29 is 13.3 Å². The molecule has 0 aromatic heterocycles. The molecule has 0 radical (unpaired) electrons. The van der Waals surface area contributed by atoms with Crippen LogP contribution in [0.25, 0.3) is 0 Å². The molecular weight excluding hydrogens is 246 g/mol. The number of rotatable bonds is 7. The van der Waals surface area contributed by atoms with Gasteiger partial charge in [0.1, 0.15) is 0 Å². The summed E-state index contributed by atoms with van der Waals surface area (Å²) in [7, 11) is 2.44. The van der Waals surface area contributed by atoms with Crippen molar-refractivity contribution in [1.82, 2.24) is 0 Å². The molecule has 1 rings (SSSR count). The standard InChI is InChI=1S/C13H23NO3Si/c1-11-6-7-13(12(2)10-11)14-8-9-18(15-3,16-4)17-5/h6-7,10,14H,8-9H2,1-5H3. The minimum atomic E-state index is -2.46. The third kappa shape index (κ3) is 3.81. The van der Waals surface area contributed by atoms with Gasteiger partial charge in [0.05, 0.1) is 0 Å². The van der Waals surface area contributed by atoms with Crippen molar-refractivity contribution in [2.75, 3.05) is 33.2 Å². The van der Waals surface area contributed by atoms with E-state index in [1.54, 1.807) is 21.3 Å². The predicted octanol–water partition coefficient (Wildman–Crippen LogP) is 2.59. The van der Waals surface area contributed by atoms with Crippen LogP contribution in [0.1, 0.15) is 11.1 Å². The maximum absolute atomic E-state index is 5.38. The third-order valence-electron chi connectivity index (χ3n) is 3.06. The number of aryl methyl sites for hydroxylation is 2. The Morgan fingerprint density at radius 2 is 1.67 bits per heavy atom. The molecule has 1 aromatic rings. The van der Waals surface area contributed by atoms with E-state index < -0.39 is 8.80 Å². The average Bonchev–Trinajstić information content (AvgIpc) is 2.38. The smallest absolute Gasteiger partial charge is 0.385 e. The molecule has 0 aliphatic carbocycles. The molecule has 0 amide bonds. The largest absolute Gasteiger partial charge is 0.501 e. The Hall–Kier alpha value is -0.883. The number of benzene rings is 1. The van der Waals surface area contributed by atoms with Crippen molar-refractivity contribution in [3.63, 3.8) is 0 Å². The van der Waals surface area contributed by atoms with Gasteiger partial charge >= 0.3 is 8.80 Å². The Kier molecular flexibility index (Phi) is 5.81. The summed E-state index contributed by atoms with van der Waals surface area (Å²) in [6, 6.07) is 7.10. The molecule has 0 saturated heterocycles. The van der Waals surface area contributed by atoms with E-state index in [1.807, 2.05) is 0 Å². The normalized spacial score (nSPS) is 11.6. The average molecular weight is 269 g/mol. The summed E-state index contributed by atoms with van der Waals surface area (Å²) in [5.74, 6) is 0. The highest BCUT2D eigenvalue weighted by Gasteiger charge is 2.36. The quantitative estimate of drug-likeness (QED) is 0.772. The Morgan fingerprint density at radius 3 is 2.17 bits per heavy atom. The lowest BCUT2D eigenvalue weighted by Gasteiger charge is -2.24. The molecule has 0 bridgehead atoms. The van der Waals surface area contributed by atoms with Gasteiger partial charge in [-0.2, -0.15) is 0 Å². The fourth-order valence-corrected chi connectivity index (χ4v) is 3.46. The zero-order valence-corrected chi connectivity index (χ0v) is 12.9. The number of hydrogen-bond acceptors (Lipinski definition) is 4. The van der Waals surface area contributed by atoms with Crippen LogP contribution in [0.5, 0.6) is 0 Å². The van der Waals surface area contributed by atoms with E-state index in [4.69, 9.17) is 13.3 Å². The summed E-state index contributed by atoms with van der Waals surface area (Å²) in [4.78, 5) is 0. The van der Waals surface area contributed by atoms with Crippen LogP contribution in [0.3, 0.4) is 0 Å². The molecule has 102 valence electrons. The molecule has 1 aromatic carbocycles. The van der Waals surface area contributed by atoms with Crippen molar-refractivity contribution in [1.29, 1.82) is 0 Å². The van der Waals surface area contributed by atoms with E-state index in [2.05, 4.69) is 37.4 Å². The Balaban J connectivity index is 2.55. The summed E-state index contributed by atoms with van der Waals surface area (Å²) in [6.45, 7) is 4.96. The van der Waals surface area contributed by atoms with Crippen LogP contribution in [-0.4, -0.2) is 36.7 Å². The lowest BCUT2D eigenvalue weighted by atomic mass is 10.1. The zero-order chi connectivity index (χ0) is 13.6. The van der Waals surface area contributed by atoms with Gasteiger partial charge in [-0.3, -0.25) is 0 Å². The van der Waals surface area contributed by atoms with E-state index in [0.29, 0.717) is 0 Å². The fourth-order valence-electron chi connectivity index (χ4n) is 1.92. The summed E-state index contributed by atoms with van der Waals surface area (Å²) in [5, 5.41) is 3.39. The highest BCUT2D eigenvalue weighted by Crippen LogP contribution is 2.18. The maximum Gasteiger partial charge on any atom is 0.501 e. The molecule has 18 heavy (non-hydrogen) atoms. The highest BCUT2D eigenvalue weighted by atomic mass is 28.4. The van der Waals surface area contributed by atoms with Gasteiger partial charge in [0.2, 0.25) is 0 Å². The molecule has 0 atom stereocenters. The Labute approximate surface area is 111 Å². The summed E-state index contributed by atoms with van der Waals surface area (Å²) in [5.41, 5.74) is 3.66. The lowest BCUT2D eigenvalue weighted by Crippen LogP contribution is -2.44. The second-order valence-electron chi connectivity index (χ2n) is 4.29. The van der Waals surface area contributed by atoms with Crippen LogP contribution in [-0.2, 0) is 13.3 Å². The fraction of sp³-hybridized carbons (Fsp3) is 0.538. The van der Waals surface area contributed by atoms with Crippen molar-refractivity contribution in [3.8, 4) is 0 Å². The van der Waals surface area contributed by atoms with Crippen LogP contribution in [0, 0.1) is 13.8 Å². The zero-order valence-electron chi connectivity index (χ0n) is 11.9. The molecule has 0 spiro atoms. The molecule has 5 heteroatoms. The van der Waals surface area contributed by atoms with Gasteiger partial charge in [0.15, 0.2) is 0 Å². The summed E-state index contributed by atoms with van der Waals surface area (Å²) >= 11 is 0. The molecule has 0 heterocycles. The minimum absolute atomic E-state index is 0.740. The molecule has 4 nitrogen and oxygen atoms in total. The monoisotopic (exact) mass is 269 g/mol. The van der Waals surface area contributed by atoms with Crippen LogP contribution < -0.4 is 5.32 Å². The van der Waals surface area contributed by atoms with Gasteiger partial charge in [-0.25, -0.2) is 0 Å². The van der Waals surface area contributed by atoms with Crippen molar-refractivity contribution >= 4 is 14.5 Å². The van der Waals surface area contributed by atoms with Crippen LogP contribution in [0.15, 0.2) is 18.2 Å². The number of hydrogen-bond donors (Lipinski definition) is 1. The van der Waals surface area contributed by atoms with E-state index >= 15 is 0 Å². The minimum Gasteiger partial charge on any atom is -0.385 e. The van der Waals surface area contributed by atoms with Crippen molar-refractivity contribution in [2.24, 2.45) is 0 Å². The first-order valence-electron chi connectivity index (χ1n) is 6.03. The number of anilines is 1. The topological polar surface area (TPSA) is 39.7 Å². The maximum atomic E-state index is 5.38. The third-order valence-corrected chi connectivity index (χ3v) is 5.79. The first-order valence-corrected chi connectivity index (χ1v) is 7.96. The Morgan fingerprint density at radius 1 is 1.06 bits per heavy atom. The number of nitrogens with one attached hydrogen (secondary N) is 1. The lowest BCUT2D eigenvalue weighted by molar-refractivity contribution is 0.124. The molecule has 0 saturated carbocycles. The van der Waals surface area contributed by atoms with Crippen LogP contribution >= 0.6 is 0 Å². The molecular formula is C13H23NO3Si. The van der Waals surface area contributed by atoms with Crippen LogP contribution in [0.2, 0.25) is 6.04 Å². The van der Waals surface area contributed by atoms with E-state index in [9.17, 15) is 0 Å². The molecule has 0 aliphatic rings. The second-order valence-corrected chi connectivity index (χ2v) is 7.38. The SMILES string of the molecule is CO[Si](CCNc1ccc(C)cc1C)(OC)OC. The molecule has 0 aliphatic heterocycles. The van der Waals surface area contributed by atoms with E-state index in [0.717, 1.165) is 18.3 Å². The molecule has 0 fully saturated rings. The van der Waals surface area contributed by atoms with E-state index in [-0.39, 0.29) is 0 Å². The predicted molar refractivity (Wildman–Crippen MR) is 76.0 cm³/mol. The van der Waals surface area contributed by atoms with Gasteiger partial charge in [-0.05, 0) is 25.5 Å². The molecule has 1 N–H and O–H groups in total. The first-order chi connectivity index (χ1) is 8.56. The summed E-state index contributed by atoms with van der Waals surface area (Å²) in [6.07, 6.45) is 0. The highest BCUT2D eigenvalue weighted by molar-refractivity contribution is 6.60.